The van der Waals surface area contributed by atoms with Crippen LogP contribution in [-0.2, 0) is 10.5 Å². The standard InChI is InChI=1S/C20H19ClN2O2S/c1-2-25-20(24)18-17(14-8-9-14)22-19-16(21)10-15(11-23(18)19)26-12-13-6-4-3-5-7-13/h3-7,10-11,14H,2,8-9,12H2,1H3. The Kier molecular flexibility index (Phi) is 4.92. The van der Waals surface area contributed by atoms with Crippen molar-refractivity contribution in [3.05, 3.63) is 64.6 Å². The van der Waals surface area contributed by atoms with Crippen LogP contribution in [0.25, 0.3) is 5.65 Å². The fourth-order valence-electron chi connectivity index (χ4n) is 2.96. The molecular formula is C20H19ClN2O2S. The third-order valence-corrected chi connectivity index (χ3v) is 5.67. The predicted molar refractivity (Wildman–Crippen MR) is 104 cm³/mol. The molecule has 0 atom stereocenters. The molecule has 6 heteroatoms. The molecule has 0 spiro atoms. The van der Waals surface area contributed by atoms with E-state index in [2.05, 4.69) is 17.1 Å². The Morgan fingerprint density at radius 3 is 2.81 bits per heavy atom. The first-order chi connectivity index (χ1) is 12.7. The van der Waals surface area contributed by atoms with Crippen LogP contribution >= 0.6 is 23.4 Å². The third kappa shape index (κ3) is 3.46. The molecule has 0 saturated heterocycles. The zero-order valence-electron chi connectivity index (χ0n) is 14.4. The number of carbonyl (C=O) groups excluding carboxylic acids is 1. The maximum Gasteiger partial charge on any atom is 0.357 e. The molecule has 2 aromatic heterocycles. The molecule has 134 valence electrons. The van der Waals surface area contributed by atoms with Gasteiger partial charge in [0, 0.05) is 22.8 Å². The van der Waals surface area contributed by atoms with Gasteiger partial charge in [0.15, 0.2) is 11.3 Å². The fraction of sp³-hybridized carbons (Fsp3) is 0.300. The molecule has 1 saturated carbocycles. The lowest BCUT2D eigenvalue weighted by Gasteiger charge is -2.07. The molecule has 2 heterocycles. The lowest BCUT2D eigenvalue weighted by Crippen LogP contribution is -2.10. The van der Waals surface area contributed by atoms with Crippen molar-refractivity contribution >= 4 is 35.0 Å². The van der Waals surface area contributed by atoms with E-state index in [1.807, 2.05) is 37.4 Å². The van der Waals surface area contributed by atoms with Crippen LogP contribution in [0, 0.1) is 0 Å². The van der Waals surface area contributed by atoms with Crippen molar-refractivity contribution in [2.45, 2.75) is 36.3 Å². The number of hydrogen-bond donors (Lipinski definition) is 0. The number of benzene rings is 1. The number of carbonyl (C=O) groups is 1. The van der Waals surface area contributed by atoms with Crippen LogP contribution in [0.2, 0.25) is 5.02 Å². The molecule has 1 fully saturated rings. The van der Waals surface area contributed by atoms with Gasteiger partial charge in [-0.15, -0.1) is 11.8 Å². The number of hydrogen-bond acceptors (Lipinski definition) is 4. The molecule has 0 unspecified atom stereocenters. The molecule has 4 rings (SSSR count). The highest BCUT2D eigenvalue weighted by atomic mass is 35.5. The van der Waals surface area contributed by atoms with E-state index in [-0.39, 0.29) is 5.97 Å². The van der Waals surface area contributed by atoms with Crippen molar-refractivity contribution in [3.63, 3.8) is 0 Å². The van der Waals surface area contributed by atoms with Crippen molar-refractivity contribution < 1.29 is 9.53 Å². The summed E-state index contributed by atoms with van der Waals surface area (Å²) in [6, 6.07) is 12.2. The summed E-state index contributed by atoms with van der Waals surface area (Å²) in [6.45, 7) is 2.15. The van der Waals surface area contributed by atoms with Gasteiger partial charge in [-0.05, 0) is 31.4 Å². The van der Waals surface area contributed by atoms with Crippen molar-refractivity contribution in [2.75, 3.05) is 6.61 Å². The third-order valence-electron chi connectivity index (χ3n) is 4.36. The number of ether oxygens (including phenoxy) is 1. The van der Waals surface area contributed by atoms with Crippen LogP contribution in [0.4, 0.5) is 0 Å². The van der Waals surface area contributed by atoms with E-state index in [1.54, 1.807) is 16.2 Å². The van der Waals surface area contributed by atoms with E-state index in [9.17, 15) is 4.79 Å². The molecule has 0 radical (unpaired) electrons. The van der Waals surface area contributed by atoms with Gasteiger partial charge in [-0.1, -0.05) is 41.9 Å². The number of esters is 1. The SMILES string of the molecule is CCOC(=O)c1c(C2CC2)nc2c(Cl)cc(SCc3ccccc3)cn12. The van der Waals surface area contributed by atoms with Gasteiger partial charge >= 0.3 is 5.97 Å². The predicted octanol–water partition coefficient (Wildman–Crippen LogP) is 5.33. The van der Waals surface area contributed by atoms with Gasteiger partial charge in [0.05, 0.1) is 17.3 Å². The van der Waals surface area contributed by atoms with Crippen molar-refractivity contribution in [3.8, 4) is 0 Å². The zero-order chi connectivity index (χ0) is 18.1. The number of imidazole rings is 1. The number of rotatable bonds is 6. The highest BCUT2D eigenvalue weighted by molar-refractivity contribution is 7.98. The first-order valence-electron chi connectivity index (χ1n) is 8.72. The number of pyridine rings is 1. The summed E-state index contributed by atoms with van der Waals surface area (Å²) in [4.78, 5) is 18.2. The minimum atomic E-state index is -0.330. The van der Waals surface area contributed by atoms with Crippen LogP contribution in [0.1, 0.15) is 47.4 Å². The van der Waals surface area contributed by atoms with Gasteiger partial charge in [0.25, 0.3) is 0 Å². The second-order valence-electron chi connectivity index (χ2n) is 6.33. The summed E-state index contributed by atoms with van der Waals surface area (Å²) in [7, 11) is 0. The van der Waals surface area contributed by atoms with Gasteiger partial charge in [-0.3, -0.25) is 4.40 Å². The van der Waals surface area contributed by atoms with Gasteiger partial charge in [-0.2, -0.15) is 0 Å². The molecule has 0 amide bonds. The molecule has 1 aromatic carbocycles. The Balaban J connectivity index is 1.72. The van der Waals surface area contributed by atoms with Gasteiger partial charge in [0.1, 0.15) is 0 Å². The lowest BCUT2D eigenvalue weighted by molar-refractivity contribution is 0.0516. The van der Waals surface area contributed by atoms with E-state index in [0.29, 0.717) is 28.9 Å². The summed E-state index contributed by atoms with van der Waals surface area (Å²) in [5.41, 5.74) is 3.20. The van der Waals surface area contributed by atoms with Crippen LogP contribution in [0.5, 0.6) is 0 Å². The summed E-state index contributed by atoms with van der Waals surface area (Å²) >= 11 is 8.17. The first kappa shape index (κ1) is 17.4. The molecule has 0 N–H and O–H groups in total. The molecule has 1 aliphatic rings. The molecule has 4 nitrogen and oxygen atoms in total. The smallest absolute Gasteiger partial charge is 0.357 e. The quantitative estimate of drug-likeness (QED) is 0.424. The Hall–Kier alpha value is -1.98. The maximum atomic E-state index is 12.5. The number of aromatic nitrogens is 2. The van der Waals surface area contributed by atoms with Crippen LogP contribution in [-0.4, -0.2) is 22.0 Å². The number of halogens is 1. The molecular weight excluding hydrogens is 368 g/mol. The molecule has 3 aromatic rings. The van der Waals surface area contributed by atoms with Crippen LogP contribution in [0.15, 0.2) is 47.5 Å². The lowest BCUT2D eigenvalue weighted by atomic mass is 10.2. The van der Waals surface area contributed by atoms with Gasteiger partial charge in [-0.25, -0.2) is 9.78 Å². The highest BCUT2D eigenvalue weighted by Gasteiger charge is 2.33. The van der Waals surface area contributed by atoms with Crippen molar-refractivity contribution in [2.24, 2.45) is 0 Å². The van der Waals surface area contributed by atoms with Crippen molar-refractivity contribution in [1.29, 1.82) is 0 Å². The van der Waals surface area contributed by atoms with Crippen LogP contribution < -0.4 is 0 Å². The second-order valence-corrected chi connectivity index (χ2v) is 7.79. The molecule has 0 bridgehead atoms. The van der Waals surface area contributed by atoms with E-state index < -0.39 is 0 Å². The first-order valence-corrected chi connectivity index (χ1v) is 10.1. The average molecular weight is 387 g/mol. The molecule has 1 aliphatic carbocycles. The molecule has 0 aliphatic heterocycles. The minimum absolute atomic E-state index is 0.330. The Bertz CT molecular complexity index is 951. The van der Waals surface area contributed by atoms with Gasteiger partial charge < -0.3 is 4.74 Å². The van der Waals surface area contributed by atoms with E-state index >= 15 is 0 Å². The number of nitrogens with zero attached hydrogens (tertiary/aromatic N) is 2. The van der Waals surface area contributed by atoms with E-state index in [0.717, 1.165) is 29.2 Å². The van der Waals surface area contributed by atoms with E-state index in [4.69, 9.17) is 16.3 Å². The van der Waals surface area contributed by atoms with Crippen LogP contribution in [0.3, 0.4) is 0 Å². The Morgan fingerprint density at radius 1 is 1.35 bits per heavy atom. The summed E-state index contributed by atoms with van der Waals surface area (Å²) in [5, 5.41) is 0.556. The van der Waals surface area contributed by atoms with Gasteiger partial charge in [0.2, 0.25) is 0 Å². The normalized spacial score (nSPS) is 13.9. The van der Waals surface area contributed by atoms with E-state index in [1.165, 1.54) is 5.56 Å². The zero-order valence-corrected chi connectivity index (χ0v) is 16.0. The summed E-state index contributed by atoms with van der Waals surface area (Å²) in [5.74, 6) is 0.843. The minimum Gasteiger partial charge on any atom is -0.461 e. The fourth-order valence-corrected chi connectivity index (χ4v) is 4.18. The number of thioether (sulfide) groups is 1. The monoisotopic (exact) mass is 386 g/mol. The topological polar surface area (TPSA) is 43.6 Å². The molecule has 26 heavy (non-hydrogen) atoms. The average Bonchev–Trinajstić information content (AvgIpc) is 3.41. The second kappa shape index (κ2) is 7.33. The number of fused-ring (bicyclic) bond motifs is 1. The van der Waals surface area contributed by atoms with Crippen molar-refractivity contribution in [1.82, 2.24) is 9.38 Å². The Morgan fingerprint density at radius 2 is 2.12 bits per heavy atom. The summed E-state index contributed by atoms with van der Waals surface area (Å²) < 4.78 is 7.08. The summed E-state index contributed by atoms with van der Waals surface area (Å²) in [6.07, 6.45) is 4.06. The largest absolute Gasteiger partial charge is 0.461 e. The Labute approximate surface area is 161 Å². The highest BCUT2D eigenvalue weighted by Crippen LogP contribution is 2.42. The maximum absolute atomic E-state index is 12.5.